The van der Waals surface area contributed by atoms with Gasteiger partial charge in [-0.05, 0) is 37.8 Å². The molecule has 1 fully saturated rings. The fourth-order valence-electron chi connectivity index (χ4n) is 2.33. The fourth-order valence-corrected chi connectivity index (χ4v) is 3.46. The summed E-state index contributed by atoms with van der Waals surface area (Å²) in [5.41, 5.74) is 1.98. The number of nitrogens with zero attached hydrogens (tertiary/aromatic N) is 1. The van der Waals surface area contributed by atoms with Crippen LogP contribution in [-0.2, 0) is 4.79 Å². The van der Waals surface area contributed by atoms with Gasteiger partial charge in [-0.2, -0.15) is 0 Å². The van der Waals surface area contributed by atoms with Crippen LogP contribution in [0.2, 0.25) is 0 Å². The third kappa shape index (κ3) is 4.01. The lowest BCUT2D eigenvalue weighted by Gasteiger charge is -2.08. The molecule has 0 radical (unpaired) electrons. The molecule has 1 atom stereocenters. The number of thioether (sulfide) groups is 1. The first-order valence-corrected chi connectivity index (χ1v) is 9.01. The van der Waals surface area contributed by atoms with Crippen molar-refractivity contribution in [1.29, 1.82) is 0 Å². The number of amides is 1. The van der Waals surface area contributed by atoms with Crippen molar-refractivity contribution in [2.75, 3.05) is 18.1 Å². The molecule has 1 aromatic heterocycles. The fraction of sp³-hybridized carbons (Fsp3) is 0.333. The molecule has 3 rings (SSSR count). The van der Waals surface area contributed by atoms with E-state index in [1.54, 1.807) is 11.8 Å². The quantitative estimate of drug-likeness (QED) is 0.822. The summed E-state index contributed by atoms with van der Waals surface area (Å²) in [7, 11) is 0. The first-order valence-electron chi connectivity index (χ1n) is 6.90. The van der Waals surface area contributed by atoms with Gasteiger partial charge in [-0.25, -0.2) is 4.98 Å². The summed E-state index contributed by atoms with van der Waals surface area (Å²) in [4.78, 5) is 17.8. The standard InChI is InChI=1S/C15H17N3OS2.ClH/c1-20-11-6-4-10(5-7-11)13-9-21-15(17-13)18-14(19)12-3-2-8-16-12;/h4-7,9,12,16H,2-3,8H2,1H3,(H,17,18,19);1H. The van der Waals surface area contributed by atoms with E-state index in [1.165, 1.54) is 16.2 Å². The van der Waals surface area contributed by atoms with E-state index in [0.29, 0.717) is 5.13 Å². The van der Waals surface area contributed by atoms with Gasteiger partial charge in [-0.1, -0.05) is 12.1 Å². The minimum Gasteiger partial charge on any atom is -0.306 e. The maximum Gasteiger partial charge on any atom is 0.243 e. The zero-order valence-corrected chi connectivity index (χ0v) is 14.6. The van der Waals surface area contributed by atoms with Crippen molar-refractivity contribution in [2.24, 2.45) is 0 Å². The van der Waals surface area contributed by atoms with Crippen LogP contribution in [0.5, 0.6) is 0 Å². The summed E-state index contributed by atoms with van der Waals surface area (Å²) >= 11 is 3.18. The molecule has 1 aromatic carbocycles. The minimum absolute atomic E-state index is 0. The van der Waals surface area contributed by atoms with Gasteiger partial charge in [0.15, 0.2) is 5.13 Å². The molecule has 1 amide bonds. The largest absolute Gasteiger partial charge is 0.306 e. The number of benzene rings is 1. The maximum absolute atomic E-state index is 12.0. The molecule has 2 N–H and O–H groups in total. The molecule has 118 valence electrons. The van der Waals surface area contributed by atoms with Gasteiger partial charge in [-0.15, -0.1) is 35.5 Å². The van der Waals surface area contributed by atoms with Crippen LogP contribution in [0.3, 0.4) is 0 Å². The highest BCUT2D eigenvalue weighted by Gasteiger charge is 2.22. The second-order valence-electron chi connectivity index (χ2n) is 4.90. The highest BCUT2D eigenvalue weighted by molar-refractivity contribution is 7.98. The number of rotatable bonds is 4. The van der Waals surface area contributed by atoms with Crippen LogP contribution in [0.15, 0.2) is 34.5 Å². The molecule has 1 aliphatic rings. The third-order valence-electron chi connectivity index (χ3n) is 3.50. The Hall–Kier alpha value is -1.08. The molecule has 0 spiro atoms. The zero-order chi connectivity index (χ0) is 14.7. The van der Waals surface area contributed by atoms with Gasteiger partial charge in [0.2, 0.25) is 5.91 Å². The summed E-state index contributed by atoms with van der Waals surface area (Å²) in [6.07, 6.45) is 4.02. The minimum atomic E-state index is -0.0711. The summed E-state index contributed by atoms with van der Waals surface area (Å²) < 4.78 is 0. The van der Waals surface area contributed by atoms with Crippen LogP contribution >= 0.6 is 35.5 Å². The number of thiazole rings is 1. The van der Waals surface area contributed by atoms with Gasteiger partial charge in [-0.3, -0.25) is 4.79 Å². The van der Waals surface area contributed by atoms with Crippen LogP contribution < -0.4 is 10.6 Å². The van der Waals surface area contributed by atoms with E-state index in [2.05, 4.69) is 46.1 Å². The lowest BCUT2D eigenvalue weighted by Crippen LogP contribution is -2.35. The van der Waals surface area contributed by atoms with Gasteiger partial charge >= 0.3 is 0 Å². The van der Waals surface area contributed by atoms with Crippen LogP contribution in [-0.4, -0.2) is 29.7 Å². The molecule has 2 heterocycles. The Bertz CT molecular complexity index is 624. The molecule has 1 aliphatic heterocycles. The van der Waals surface area contributed by atoms with E-state index in [1.807, 2.05) is 5.38 Å². The first kappa shape index (κ1) is 17.3. The number of carbonyl (C=O) groups excluding carboxylic acids is 1. The lowest BCUT2D eigenvalue weighted by atomic mass is 10.2. The van der Waals surface area contributed by atoms with Gasteiger partial charge in [0.05, 0.1) is 11.7 Å². The van der Waals surface area contributed by atoms with E-state index < -0.39 is 0 Å². The Labute approximate surface area is 144 Å². The van der Waals surface area contributed by atoms with Gasteiger partial charge in [0.1, 0.15) is 0 Å². The Morgan fingerprint density at radius 3 is 2.82 bits per heavy atom. The van der Waals surface area contributed by atoms with Crippen LogP contribution in [0.1, 0.15) is 12.8 Å². The SMILES string of the molecule is CSc1ccc(-c2csc(NC(=O)C3CCCN3)n2)cc1.Cl. The normalized spacial score (nSPS) is 17.0. The number of halogens is 1. The van der Waals surface area contributed by atoms with E-state index in [4.69, 9.17) is 0 Å². The summed E-state index contributed by atoms with van der Waals surface area (Å²) in [6.45, 7) is 0.920. The first-order chi connectivity index (χ1) is 10.3. The molecule has 0 aliphatic carbocycles. The second-order valence-corrected chi connectivity index (χ2v) is 6.64. The van der Waals surface area contributed by atoms with Crippen molar-refractivity contribution in [3.05, 3.63) is 29.6 Å². The highest BCUT2D eigenvalue weighted by atomic mass is 35.5. The van der Waals surface area contributed by atoms with Crippen molar-refractivity contribution >= 4 is 46.5 Å². The molecule has 4 nitrogen and oxygen atoms in total. The highest BCUT2D eigenvalue weighted by Crippen LogP contribution is 2.27. The molecule has 7 heteroatoms. The number of anilines is 1. The van der Waals surface area contributed by atoms with Crippen molar-refractivity contribution in [3.63, 3.8) is 0 Å². The number of hydrogen-bond acceptors (Lipinski definition) is 5. The molecule has 1 saturated heterocycles. The van der Waals surface area contributed by atoms with Gasteiger partial charge < -0.3 is 10.6 Å². The molecule has 22 heavy (non-hydrogen) atoms. The Morgan fingerprint density at radius 2 is 2.18 bits per heavy atom. The smallest absolute Gasteiger partial charge is 0.243 e. The number of hydrogen-bond donors (Lipinski definition) is 2. The summed E-state index contributed by atoms with van der Waals surface area (Å²) in [5.74, 6) is 0.0196. The second kappa shape index (κ2) is 7.97. The summed E-state index contributed by atoms with van der Waals surface area (Å²) in [5, 5.41) is 8.73. The summed E-state index contributed by atoms with van der Waals surface area (Å²) in [6, 6.07) is 8.22. The van der Waals surface area contributed by atoms with E-state index in [9.17, 15) is 4.79 Å². The lowest BCUT2D eigenvalue weighted by molar-refractivity contribution is -0.117. The predicted octanol–water partition coefficient (Wildman–Crippen LogP) is 3.64. The van der Waals surface area contributed by atoms with Gasteiger partial charge in [0, 0.05) is 15.8 Å². The van der Waals surface area contributed by atoms with E-state index in [-0.39, 0.29) is 24.4 Å². The average molecular weight is 356 g/mol. The third-order valence-corrected chi connectivity index (χ3v) is 5.00. The Morgan fingerprint density at radius 1 is 1.41 bits per heavy atom. The predicted molar refractivity (Wildman–Crippen MR) is 96.2 cm³/mol. The molecule has 0 saturated carbocycles. The van der Waals surface area contributed by atoms with E-state index in [0.717, 1.165) is 30.6 Å². The van der Waals surface area contributed by atoms with Crippen LogP contribution in [0.25, 0.3) is 11.3 Å². The number of carbonyl (C=O) groups is 1. The molecule has 2 aromatic rings. The van der Waals surface area contributed by atoms with Crippen molar-refractivity contribution in [1.82, 2.24) is 10.3 Å². The van der Waals surface area contributed by atoms with Gasteiger partial charge in [0.25, 0.3) is 0 Å². The monoisotopic (exact) mass is 355 g/mol. The molecular weight excluding hydrogens is 338 g/mol. The number of aromatic nitrogens is 1. The molecule has 1 unspecified atom stereocenters. The average Bonchev–Trinajstić information content (AvgIpc) is 3.19. The van der Waals surface area contributed by atoms with Crippen LogP contribution in [0, 0.1) is 0 Å². The topological polar surface area (TPSA) is 54.0 Å². The van der Waals surface area contributed by atoms with Crippen molar-refractivity contribution in [3.8, 4) is 11.3 Å². The Balaban J connectivity index is 0.00000176. The van der Waals surface area contributed by atoms with Crippen molar-refractivity contribution in [2.45, 2.75) is 23.8 Å². The Kier molecular flexibility index (Phi) is 6.26. The van der Waals surface area contributed by atoms with Crippen LogP contribution in [0.4, 0.5) is 5.13 Å². The molecule has 0 bridgehead atoms. The zero-order valence-electron chi connectivity index (χ0n) is 12.2. The molecular formula is C15H18ClN3OS2. The maximum atomic E-state index is 12.0. The van der Waals surface area contributed by atoms with Crippen molar-refractivity contribution < 1.29 is 4.79 Å². The number of nitrogens with one attached hydrogen (secondary N) is 2. The van der Waals surface area contributed by atoms with E-state index >= 15 is 0 Å².